The van der Waals surface area contributed by atoms with Gasteiger partial charge in [-0.3, -0.25) is 0 Å². The van der Waals surface area contributed by atoms with E-state index in [1.165, 1.54) is 0 Å². The van der Waals surface area contributed by atoms with Crippen LogP contribution in [0.2, 0.25) is 0 Å². The summed E-state index contributed by atoms with van der Waals surface area (Å²) in [7, 11) is 0. The van der Waals surface area contributed by atoms with Crippen molar-refractivity contribution in [1.29, 1.82) is 0 Å². The van der Waals surface area contributed by atoms with E-state index in [9.17, 15) is 0 Å². The lowest BCUT2D eigenvalue weighted by Crippen LogP contribution is -2.20. The molecule has 0 fully saturated rings. The number of fused-ring (bicyclic) bond motifs is 4. The zero-order valence-corrected chi connectivity index (χ0v) is 32.7. The van der Waals surface area contributed by atoms with Gasteiger partial charge in [-0.25, -0.2) is 15.0 Å². The molecule has 0 unspecified atom stereocenters. The summed E-state index contributed by atoms with van der Waals surface area (Å²) in [6.45, 7) is 9.14. The SMILES string of the molecule is C=C1c2ccccc2N(c2cc(-c3cccc(-c4nc(-c5ccccc5)nc(-c5ccccc5)n4)c3)cc(N3c4ccccc4C(=C)c4ccccc43)c2)c2ccccc21. The van der Waals surface area contributed by atoms with Crippen molar-refractivity contribution in [2.24, 2.45) is 0 Å². The topological polar surface area (TPSA) is 45.2 Å². The highest BCUT2D eigenvalue weighted by atomic mass is 15.2. The van der Waals surface area contributed by atoms with Crippen molar-refractivity contribution in [3.05, 3.63) is 236 Å². The predicted octanol–water partition coefficient (Wildman–Crippen LogP) is 14.2. The Balaban J connectivity index is 1.14. The van der Waals surface area contributed by atoms with Crippen LogP contribution in [-0.4, -0.2) is 15.0 Å². The Kier molecular flexibility index (Phi) is 8.38. The number of benzene rings is 8. The van der Waals surface area contributed by atoms with Crippen molar-refractivity contribution in [3.63, 3.8) is 0 Å². The Bertz CT molecular complexity index is 2870. The zero-order valence-electron chi connectivity index (χ0n) is 32.7. The minimum Gasteiger partial charge on any atom is -0.309 e. The molecule has 5 heteroatoms. The average molecular weight is 768 g/mol. The number of anilines is 6. The molecular weight excluding hydrogens is 731 g/mol. The second-order valence-electron chi connectivity index (χ2n) is 15.1. The fourth-order valence-electron chi connectivity index (χ4n) is 8.60. The number of nitrogens with zero attached hydrogens (tertiary/aromatic N) is 5. The number of hydrogen-bond acceptors (Lipinski definition) is 5. The van der Waals surface area contributed by atoms with Crippen LogP contribution >= 0.6 is 0 Å². The Morgan fingerprint density at radius 2 is 0.617 bits per heavy atom. The molecule has 8 aromatic carbocycles. The molecule has 0 N–H and O–H groups in total. The molecule has 3 heterocycles. The Morgan fingerprint density at radius 3 is 1.03 bits per heavy atom. The highest BCUT2D eigenvalue weighted by molar-refractivity contribution is 6.03. The molecule has 0 radical (unpaired) electrons. The Morgan fingerprint density at radius 1 is 0.283 bits per heavy atom. The molecule has 9 aromatic rings. The first-order valence-electron chi connectivity index (χ1n) is 20.1. The molecule has 11 rings (SSSR count). The van der Waals surface area contributed by atoms with E-state index in [4.69, 9.17) is 15.0 Å². The number of hydrogen-bond donors (Lipinski definition) is 0. The minimum atomic E-state index is 0.607. The average Bonchev–Trinajstić information content (AvgIpc) is 3.32. The second kappa shape index (κ2) is 14.3. The standard InChI is InChI=1S/C55H37N5/c1-36-45-24-9-13-28-49(45)59(50-29-14-10-25-46(36)50)43-33-42(34-44(35-43)60-51-30-15-11-26-47(51)37(2)48-27-12-16-31-52(48)60)40-22-17-23-41(32-40)55-57-53(38-18-5-3-6-19-38)56-54(58-55)39-20-7-4-8-21-39/h3-35H,1-2H2. The molecule has 282 valence electrons. The third-order valence-corrected chi connectivity index (χ3v) is 11.5. The molecule has 0 saturated carbocycles. The first kappa shape index (κ1) is 35.0. The van der Waals surface area contributed by atoms with Gasteiger partial charge in [0.15, 0.2) is 17.5 Å². The molecule has 0 atom stereocenters. The van der Waals surface area contributed by atoms with Gasteiger partial charge in [-0.15, -0.1) is 0 Å². The maximum atomic E-state index is 5.08. The summed E-state index contributed by atoms with van der Waals surface area (Å²) < 4.78 is 0. The van der Waals surface area contributed by atoms with Gasteiger partial charge in [-0.05, 0) is 70.8 Å². The molecule has 2 aliphatic heterocycles. The summed E-state index contributed by atoms with van der Waals surface area (Å²) in [5, 5.41) is 0. The molecule has 0 saturated heterocycles. The van der Waals surface area contributed by atoms with E-state index in [2.05, 4.69) is 162 Å². The van der Waals surface area contributed by atoms with Gasteiger partial charge in [-0.1, -0.05) is 165 Å². The van der Waals surface area contributed by atoms with Gasteiger partial charge < -0.3 is 9.80 Å². The number of aromatic nitrogens is 3. The van der Waals surface area contributed by atoms with Crippen molar-refractivity contribution in [2.45, 2.75) is 0 Å². The quantitative estimate of drug-likeness (QED) is 0.169. The normalized spacial score (nSPS) is 12.7. The highest BCUT2D eigenvalue weighted by Crippen LogP contribution is 2.52. The zero-order chi connectivity index (χ0) is 40.2. The van der Waals surface area contributed by atoms with E-state index in [0.717, 1.165) is 95.3 Å². The molecule has 0 spiro atoms. The lowest BCUT2D eigenvalue weighted by atomic mass is 9.89. The van der Waals surface area contributed by atoms with Gasteiger partial charge in [0, 0.05) is 50.3 Å². The van der Waals surface area contributed by atoms with E-state index in [0.29, 0.717) is 17.5 Å². The van der Waals surface area contributed by atoms with Crippen LogP contribution in [0.1, 0.15) is 22.3 Å². The fourth-order valence-corrected chi connectivity index (χ4v) is 8.60. The maximum absolute atomic E-state index is 5.08. The lowest BCUT2D eigenvalue weighted by Gasteiger charge is -2.37. The predicted molar refractivity (Wildman–Crippen MR) is 247 cm³/mol. The summed E-state index contributed by atoms with van der Waals surface area (Å²) in [6.07, 6.45) is 0. The summed E-state index contributed by atoms with van der Waals surface area (Å²) in [5.41, 5.74) is 17.7. The summed E-state index contributed by atoms with van der Waals surface area (Å²) in [4.78, 5) is 19.8. The van der Waals surface area contributed by atoms with E-state index in [1.54, 1.807) is 0 Å². The first-order chi connectivity index (χ1) is 29.6. The van der Waals surface area contributed by atoms with E-state index in [1.807, 2.05) is 60.7 Å². The van der Waals surface area contributed by atoms with Crippen LogP contribution in [0.15, 0.2) is 213 Å². The third-order valence-electron chi connectivity index (χ3n) is 11.5. The van der Waals surface area contributed by atoms with Crippen LogP contribution in [-0.2, 0) is 0 Å². The Hall–Kier alpha value is -8.15. The second-order valence-corrected chi connectivity index (χ2v) is 15.1. The van der Waals surface area contributed by atoms with Gasteiger partial charge >= 0.3 is 0 Å². The Labute approximate surface area is 349 Å². The van der Waals surface area contributed by atoms with Gasteiger partial charge in [0.2, 0.25) is 0 Å². The lowest BCUT2D eigenvalue weighted by molar-refractivity contribution is 1.07. The van der Waals surface area contributed by atoms with E-state index >= 15 is 0 Å². The van der Waals surface area contributed by atoms with Gasteiger partial charge in [-0.2, -0.15) is 0 Å². The van der Waals surface area contributed by atoms with Gasteiger partial charge in [0.05, 0.1) is 22.7 Å². The smallest absolute Gasteiger partial charge is 0.164 e. The molecule has 0 bridgehead atoms. The van der Waals surface area contributed by atoms with Gasteiger partial charge in [0.25, 0.3) is 0 Å². The van der Waals surface area contributed by atoms with Crippen molar-refractivity contribution < 1.29 is 0 Å². The monoisotopic (exact) mass is 767 g/mol. The van der Waals surface area contributed by atoms with Crippen LogP contribution in [0.25, 0.3) is 56.4 Å². The minimum absolute atomic E-state index is 0.607. The van der Waals surface area contributed by atoms with Crippen LogP contribution in [0.3, 0.4) is 0 Å². The molecular formula is C55H37N5. The number of para-hydroxylation sites is 4. The van der Waals surface area contributed by atoms with Crippen LogP contribution < -0.4 is 9.80 Å². The van der Waals surface area contributed by atoms with Crippen LogP contribution in [0.4, 0.5) is 34.1 Å². The van der Waals surface area contributed by atoms with E-state index in [-0.39, 0.29) is 0 Å². The summed E-state index contributed by atoms with van der Waals surface area (Å²) in [5.74, 6) is 1.86. The summed E-state index contributed by atoms with van der Waals surface area (Å²) in [6, 6.07) is 69.8. The summed E-state index contributed by atoms with van der Waals surface area (Å²) >= 11 is 0. The third kappa shape index (κ3) is 5.91. The van der Waals surface area contributed by atoms with Crippen LogP contribution in [0.5, 0.6) is 0 Å². The van der Waals surface area contributed by atoms with Crippen molar-refractivity contribution in [3.8, 4) is 45.3 Å². The van der Waals surface area contributed by atoms with E-state index < -0.39 is 0 Å². The molecule has 60 heavy (non-hydrogen) atoms. The molecule has 2 aliphatic rings. The van der Waals surface area contributed by atoms with Crippen LogP contribution in [0, 0.1) is 0 Å². The molecule has 0 amide bonds. The molecule has 1 aromatic heterocycles. The first-order valence-corrected chi connectivity index (χ1v) is 20.1. The van der Waals surface area contributed by atoms with Crippen molar-refractivity contribution in [2.75, 3.05) is 9.80 Å². The molecule has 5 nitrogen and oxygen atoms in total. The van der Waals surface area contributed by atoms with Crippen molar-refractivity contribution >= 4 is 45.3 Å². The molecule has 0 aliphatic carbocycles. The largest absolute Gasteiger partial charge is 0.309 e. The highest BCUT2D eigenvalue weighted by Gasteiger charge is 2.30. The number of rotatable bonds is 6. The van der Waals surface area contributed by atoms with Crippen molar-refractivity contribution in [1.82, 2.24) is 15.0 Å². The maximum Gasteiger partial charge on any atom is 0.164 e. The fraction of sp³-hybridized carbons (Fsp3) is 0. The van der Waals surface area contributed by atoms with Gasteiger partial charge in [0.1, 0.15) is 0 Å².